The van der Waals surface area contributed by atoms with E-state index in [0.717, 1.165) is 25.9 Å². The van der Waals surface area contributed by atoms with Crippen molar-refractivity contribution in [2.24, 2.45) is 17.8 Å². The summed E-state index contributed by atoms with van der Waals surface area (Å²) in [5, 5.41) is 15.0. The van der Waals surface area contributed by atoms with Crippen LogP contribution in [0, 0.1) is 17.8 Å². The van der Waals surface area contributed by atoms with Gasteiger partial charge in [-0.25, -0.2) is 0 Å². The molecule has 1 rings (SSSR count). The number of rotatable bonds is 9. The van der Waals surface area contributed by atoms with E-state index < -0.39 is 5.97 Å². The van der Waals surface area contributed by atoms with Gasteiger partial charge < -0.3 is 15.7 Å². The lowest BCUT2D eigenvalue weighted by atomic mass is 9.88. The van der Waals surface area contributed by atoms with Crippen LogP contribution in [0.4, 0.5) is 0 Å². The Labute approximate surface area is 121 Å². The predicted molar refractivity (Wildman–Crippen MR) is 78.4 cm³/mol. The lowest BCUT2D eigenvalue weighted by Gasteiger charge is -2.20. The number of carbonyl (C=O) groups is 2. The highest BCUT2D eigenvalue weighted by Gasteiger charge is 2.19. The van der Waals surface area contributed by atoms with Crippen molar-refractivity contribution in [3.05, 3.63) is 0 Å². The topological polar surface area (TPSA) is 78.4 Å². The van der Waals surface area contributed by atoms with Gasteiger partial charge in [-0.15, -0.1) is 0 Å². The van der Waals surface area contributed by atoms with Crippen LogP contribution in [0.2, 0.25) is 0 Å². The predicted octanol–water partition coefficient (Wildman–Crippen LogP) is 1.63. The fraction of sp³-hybridized carbons (Fsp3) is 0.867. The first-order valence-electron chi connectivity index (χ1n) is 7.68. The number of carbonyl (C=O) groups excluding carboxylic acids is 1. The first-order chi connectivity index (χ1) is 9.49. The van der Waals surface area contributed by atoms with Crippen LogP contribution in [-0.4, -0.2) is 36.6 Å². The van der Waals surface area contributed by atoms with Crippen LogP contribution in [0.25, 0.3) is 0 Å². The van der Waals surface area contributed by atoms with Gasteiger partial charge in [-0.2, -0.15) is 0 Å². The van der Waals surface area contributed by atoms with Crippen molar-refractivity contribution in [3.8, 4) is 0 Å². The van der Waals surface area contributed by atoms with Crippen LogP contribution in [0.3, 0.4) is 0 Å². The second-order valence-corrected chi connectivity index (χ2v) is 6.14. The monoisotopic (exact) mass is 284 g/mol. The zero-order valence-corrected chi connectivity index (χ0v) is 12.7. The van der Waals surface area contributed by atoms with Crippen molar-refractivity contribution in [2.75, 3.05) is 19.6 Å². The molecule has 0 radical (unpaired) electrons. The SMILES string of the molecule is CC(C)C(CCNC(=O)CC1CCNC1)CCC(=O)O. The quantitative estimate of drug-likeness (QED) is 0.601. The summed E-state index contributed by atoms with van der Waals surface area (Å²) in [6.07, 6.45) is 3.45. The summed E-state index contributed by atoms with van der Waals surface area (Å²) in [5.74, 6) is 0.667. The molecule has 1 aliphatic heterocycles. The minimum absolute atomic E-state index is 0.124. The number of aliphatic carboxylic acids is 1. The molecule has 0 saturated carbocycles. The largest absolute Gasteiger partial charge is 0.481 e. The van der Waals surface area contributed by atoms with Gasteiger partial charge in [0.2, 0.25) is 5.91 Å². The Morgan fingerprint density at radius 3 is 2.65 bits per heavy atom. The first-order valence-corrected chi connectivity index (χ1v) is 7.68. The Hall–Kier alpha value is -1.10. The summed E-state index contributed by atoms with van der Waals surface area (Å²) in [4.78, 5) is 22.4. The van der Waals surface area contributed by atoms with Gasteiger partial charge in [0.25, 0.3) is 0 Å². The highest BCUT2D eigenvalue weighted by molar-refractivity contribution is 5.76. The van der Waals surface area contributed by atoms with E-state index in [-0.39, 0.29) is 12.3 Å². The molecule has 116 valence electrons. The number of carboxylic acids is 1. The second-order valence-electron chi connectivity index (χ2n) is 6.14. The third-order valence-electron chi connectivity index (χ3n) is 4.15. The molecule has 0 aromatic heterocycles. The molecule has 1 saturated heterocycles. The van der Waals surface area contributed by atoms with Crippen molar-refractivity contribution >= 4 is 11.9 Å². The standard InChI is InChI=1S/C15H28N2O3/c1-11(2)13(3-4-15(19)20)6-8-17-14(18)9-12-5-7-16-10-12/h11-13,16H,3-10H2,1-2H3,(H,17,18)(H,19,20). The number of hydrogen-bond donors (Lipinski definition) is 3. The Morgan fingerprint density at radius 1 is 1.35 bits per heavy atom. The van der Waals surface area contributed by atoms with E-state index in [9.17, 15) is 9.59 Å². The minimum atomic E-state index is -0.742. The highest BCUT2D eigenvalue weighted by atomic mass is 16.4. The summed E-state index contributed by atoms with van der Waals surface area (Å²) < 4.78 is 0. The lowest BCUT2D eigenvalue weighted by Crippen LogP contribution is -2.29. The Balaban J connectivity index is 2.18. The van der Waals surface area contributed by atoms with Crippen molar-refractivity contribution < 1.29 is 14.7 Å². The first kappa shape index (κ1) is 17.0. The molecule has 1 amide bonds. The van der Waals surface area contributed by atoms with Gasteiger partial charge >= 0.3 is 5.97 Å². The zero-order valence-electron chi connectivity index (χ0n) is 12.7. The normalized spacial score (nSPS) is 20.1. The molecule has 1 fully saturated rings. The van der Waals surface area contributed by atoms with Crippen molar-refractivity contribution in [1.82, 2.24) is 10.6 Å². The molecule has 0 aromatic rings. The van der Waals surface area contributed by atoms with Gasteiger partial charge in [-0.05, 0) is 50.1 Å². The molecule has 0 spiro atoms. The highest BCUT2D eigenvalue weighted by Crippen LogP contribution is 2.20. The maximum atomic E-state index is 11.8. The molecule has 5 nitrogen and oxygen atoms in total. The average molecular weight is 284 g/mol. The molecule has 0 aromatic carbocycles. The molecule has 1 aliphatic rings. The van der Waals surface area contributed by atoms with Crippen molar-refractivity contribution in [3.63, 3.8) is 0 Å². The van der Waals surface area contributed by atoms with E-state index in [4.69, 9.17) is 5.11 Å². The van der Waals surface area contributed by atoms with Crippen LogP contribution in [-0.2, 0) is 9.59 Å². The summed E-state index contributed by atoms with van der Waals surface area (Å²) >= 11 is 0. The summed E-state index contributed by atoms with van der Waals surface area (Å²) in [7, 11) is 0. The molecule has 3 N–H and O–H groups in total. The van der Waals surface area contributed by atoms with Crippen LogP contribution in [0.15, 0.2) is 0 Å². The maximum Gasteiger partial charge on any atom is 0.303 e. The summed E-state index contributed by atoms with van der Waals surface area (Å²) in [6.45, 7) is 6.84. The smallest absolute Gasteiger partial charge is 0.303 e. The Kier molecular flexibility index (Phi) is 7.59. The molecular formula is C15H28N2O3. The lowest BCUT2D eigenvalue weighted by molar-refractivity contribution is -0.137. The van der Waals surface area contributed by atoms with Crippen LogP contribution in [0.5, 0.6) is 0 Å². The van der Waals surface area contributed by atoms with Crippen LogP contribution < -0.4 is 10.6 Å². The average Bonchev–Trinajstić information content (AvgIpc) is 2.85. The number of nitrogens with one attached hydrogen (secondary N) is 2. The molecule has 0 bridgehead atoms. The molecular weight excluding hydrogens is 256 g/mol. The van der Waals surface area contributed by atoms with Gasteiger partial charge in [0.05, 0.1) is 0 Å². The van der Waals surface area contributed by atoms with E-state index in [0.29, 0.717) is 37.1 Å². The maximum absolute atomic E-state index is 11.8. The van der Waals surface area contributed by atoms with Gasteiger partial charge in [0.1, 0.15) is 0 Å². The molecule has 1 heterocycles. The molecule has 0 aliphatic carbocycles. The van der Waals surface area contributed by atoms with E-state index in [1.54, 1.807) is 0 Å². The van der Waals surface area contributed by atoms with Crippen LogP contribution >= 0.6 is 0 Å². The molecule has 5 heteroatoms. The summed E-state index contributed by atoms with van der Waals surface area (Å²) in [6, 6.07) is 0. The Bertz CT molecular complexity index is 312. The van der Waals surface area contributed by atoms with Gasteiger partial charge in [-0.1, -0.05) is 13.8 Å². The van der Waals surface area contributed by atoms with E-state index in [2.05, 4.69) is 24.5 Å². The number of hydrogen-bond acceptors (Lipinski definition) is 3. The molecule has 2 unspecified atom stereocenters. The van der Waals surface area contributed by atoms with Gasteiger partial charge in [0.15, 0.2) is 0 Å². The molecule has 20 heavy (non-hydrogen) atoms. The van der Waals surface area contributed by atoms with Gasteiger partial charge in [-0.3, -0.25) is 9.59 Å². The third kappa shape index (κ3) is 6.89. The van der Waals surface area contributed by atoms with Crippen molar-refractivity contribution in [2.45, 2.75) is 46.0 Å². The molecule has 2 atom stereocenters. The minimum Gasteiger partial charge on any atom is -0.481 e. The second kappa shape index (κ2) is 8.95. The number of amides is 1. The van der Waals surface area contributed by atoms with E-state index >= 15 is 0 Å². The number of carboxylic acid groups (broad SMARTS) is 1. The Morgan fingerprint density at radius 2 is 2.10 bits per heavy atom. The fourth-order valence-electron chi connectivity index (χ4n) is 2.74. The van der Waals surface area contributed by atoms with Crippen molar-refractivity contribution in [1.29, 1.82) is 0 Å². The third-order valence-corrected chi connectivity index (χ3v) is 4.15. The zero-order chi connectivity index (χ0) is 15.0. The van der Waals surface area contributed by atoms with E-state index in [1.165, 1.54) is 0 Å². The van der Waals surface area contributed by atoms with Gasteiger partial charge in [0, 0.05) is 19.4 Å². The fourth-order valence-corrected chi connectivity index (χ4v) is 2.74. The van der Waals surface area contributed by atoms with Crippen LogP contribution in [0.1, 0.15) is 46.0 Å². The van der Waals surface area contributed by atoms with E-state index in [1.807, 2.05) is 0 Å². The summed E-state index contributed by atoms with van der Waals surface area (Å²) in [5.41, 5.74) is 0.